The van der Waals surface area contributed by atoms with Crippen molar-refractivity contribution in [2.45, 2.75) is 6.92 Å². The van der Waals surface area contributed by atoms with E-state index in [1.165, 1.54) is 35.2 Å². The second-order valence-corrected chi connectivity index (χ2v) is 4.71. The Morgan fingerprint density at radius 2 is 2.15 bits per heavy atom. The van der Waals surface area contributed by atoms with Crippen LogP contribution in [0.3, 0.4) is 0 Å². The van der Waals surface area contributed by atoms with Gasteiger partial charge in [-0.3, -0.25) is 19.9 Å². The van der Waals surface area contributed by atoms with E-state index in [9.17, 15) is 14.9 Å². The minimum Gasteiger partial charge on any atom is -0.267 e. The number of amides is 1. The van der Waals surface area contributed by atoms with Crippen molar-refractivity contribution in [1.82, 2.24) is 10.4 Å². The third-order valence-electron chi connectivity index (χ3n) is 2.42. The van der Waals surface area contributed by atoms with E-state index in [0.29, 0.717) is 16.2 Å². The molecule has 0 saturated heterocycles. The predicted octanol–water partition coefficient (Wildman–Crippen LogP) is 2.21. The fourth-order valence-corrected chi connectivity index (χ4v) is 2.18. The third kappa shape index (κ3) is 3.23. The number of rotatable bonds is 4. The number of nitrogens with zero attached hydrogens (tertiary/aromatic N) is 3. The van der Waals surface area contributed by atoms with Crippen LogP contribution in [-0.4, -0.2) is 21.5 Å². The first-order valence-electron chi connectivity index (χ1n) is 5.56. The summed E-state index contributed by atoms with van der Waals surface area (Å²) in [6.45, 7) is 1.67. The summed E-state index contributed by atoms with van der Waals surface area (Å²) in [5, 5.41) is 15.9. The fourth-order valence-electron chi connectivity index (χ4n) is 1.37. The monoisotopic (exact) mass is 290 g/mol. The minimum absolute atomic E-state index is 0.0139. The van der Waals surface area contributed by atoms with Gasteiger partial charge < -0.3 is 0 Å². The zero-order valence-electron chi connectivity index (χ0n) is 10.4. The van der Waals surface area contributed by atoms with Gasteiger partial charge in [-0.2, -0.15) is 5.10 Å². The summed E-state index contributed by atoms with van der Waals surface area (Å²) in [5.74, 6) is -0.363. The van der Waals surface area contributed by atoms with Gasteiger partial charge in [-0.05, 0) is 19.1 Å². The lowest BCUT2D eigenvalue weighted by Crippen LogP contribution is -2.19. The predicted molar refractivity (Wildman–Crippen MR) is 74.9 cm³/mol. The molecule has 0 atom stereocenters. The molecule has 0 spiro atoms. The summed E-state index contributed by atoms with van der Waals surface area (Å²) in [6, 6.07) is 4.55. The normalized spacial score (nSPS) is 11.2. The molecule has 102 valence electrons. The zero-order valence-corrected chi connectivity index (χ0v) is 11.3. The molecule has 0 radical (unpaired) electrons. The van der Waals surface area contributed by atoms with Crippen LogP contribution in [0.1, 0.15) is 22.2 Å². The van der Waals surface area contributed by atoms with Gasteiger partial charge in [0.2, 0.25) is 0 Å². The lowest BCUT2D eigenvalue weighted by molar-refractivity contribution is -0.384. The number of aromatic nitrogens is 1. The molecule has 0 aromatic carbocycles. The van der Waals surface area contributed by atoms with Gasteiger partial charge in [0.15, 0.2) is 0 Å². The Labute approximate surface area is 118 Å². The summed E-state index contributed by atoms with van der Waals surface area (Å²) < 4.78 is 0. The van der Waals surface area contributed by atoms with Crippen LogP contribution < -0.4 is 5.43 Å². The molecule has 1 amide bonds. The molecule has 0 aliphatic carbocycles. The Bertz CT molecular complexity index is 666. The summed E-state index contributed by atoms with van der Waals surface area (Å²) in [6.07, 6.45) is 3.02. The lowest BCUT2D eigenvalue weighted by Gasteiger charge is -2.00. The average molecular weight is 290 g/mol. The van der Waals surface area contributed by atoms with Crippen molar-refractivity contribution in [3.05, 3.63) is 56.5 Å². The first kappa shape index (κ1) is 13.8. The van der Waals surface area contributed by atoms with Gasteiger partial charge in [0.1, 0.15) is 0 Å². The summed E-state index contributed by atoms with van der Waals surface area (Å²) in [7, 11) is 0. The van der Waals surface area contributed by atoms with Crippen LogP contribution >= 0.6 is 11.3 Å². The second-order valence-electron chi connectivity index (χ2n) is 3.80. The smallest absolute Gasteiger partial charge is 0.267 e. The molecule has 2 heterocycles. The van der Waals surface area contributed by atoms with Crippen molar-refractivity contribution >= 4 is 28.6 Å². The van der Waals surface area contributed by atoms with Crippen molar-refractivity contribution in [1.29, 1.82) is 0 Å². The standard InChI is InChI=1S/C12H10N4O3S/c1-8(11-6-10(7-20-11)16(18)19)14-15-12(17)9-2-4-13-5-3-9/h2-7H,1H3,(H,15,17)/b14-8+. The van der Waals surface area contributed by atoms with E-state index >= 15 is 0 Å². The minimum atomic E-state index is -0.469. The molecule has 0 fully saturated rings. The van der Waals surface area contributed by atoms with Crippen molar-refractivity contribution in [3.63, 3.8) is 0 Å². The molecular weight excluding hydrogens is 280 g/mol. The average Bonchev–Trinajstić information content (AvgIpc) is 2.95. The molecule has 2 aromatic heterocycles. The summed E-state index contributed by atoms with van der Waals surface area (Å²) >= 11 is 1.20. The maximum absolute atomic E-state index is 11.7. The molecule has 7 nitrogen and oxygen atoms in total. The molecule has 1 N–H and O–H groups in total. The van der Waals surface area contributed by atoms with Crippen LogP contribution in [0.15, 0.2) is 41.1 Å². The lowest BCUT2D eigenvalue weighted by atomic mass is 10.2. The Morgan fingerprint density at radius 1 is 1.45 bits per heavy atom. The maximum atomic E-state index is 11.7. The number of thiophene rings is 1. The van der Waals surface area contributed by atoms with Crippen LogP contribution in [0.2, 0.25) is 0 Å². The summed E-state index contributed by atoms with van der Waals surface area (Å²) in [4.78, 5) is 26.3. The topological polar surface area (TPSA) is 97.5 Å². The van der Waals surface area contributed by atoms with Gasteiger partial charge in [-0.15, -0.1) is 11.3 Å². The van der Waals surface area contributed by atoms with Gasteiger partial charge in [0.05, 0.1) is 20.9 Å². The number of carbonyl (C=O) groups excluding carboxylic acids is 1. The zero-order chi connectivity index (χ0) is 14.5. The quantitative estimate of drug-likeness (QED) is 0.530. The van der Waals surface area contributed by atoms with Crippen LogP contribution in [0, 0.1) is 10.1 Å². The molecule has 0 saturated carbocycles. The summed E-state index contributed by atoms with van der Waals surface area (Å²) in [5.41, 5.74) is 3.35. The molecule has 8 heteroatoms. The van der Waals surface area contributed by atoms with Crippen molar-refractivity contribution in [2.75, 3.05) is 0 Å². The SMILES string of the molecule is C/C(=N\NC(=O)c1ccncc1)c1cc([N+](=O)[O-])cs1. The van der Waals surface area contributed by atoms with E-state index in [1.807, 2.05) is 0 Å². The fraction of sp³-hybridized carbons (Fsp3) is 0.0833. The highest BCUT2D eigenvalue weighted by molar-refractivity contribution is 7.12. The van der Waals surface area contributed by atoms with E-state index in [4.69, 9.17) is 0 Å². The van der Waals surface area contributed by atoms with E-state index in [1.54, 1.807) is 19.1 Å². The van der Waals surface area contributed by atoms with Gasteiger partial charge in [0.25, 0.3) is 11.6 Å². The molecule has 2 rings (SSSR count). The second kappa shape index (κ2) is 6.02. The first-order chi connectivity index (χ1) is 9.58. The third-order valence-corrected chi connectivity index (χ3v) is 3.45. The van der Waals surface area contributed by atoms with Gasteiger partial charge in [0, 0.05) is 24.0 Å². The number of nitrogens with one attached hydrogen (secondary N) is 1. The number of pyridine rings is 1. The Kier molecular flexibility index (Phi) is 4.16. The van der Waals surface area contributed by atoms with E-state index in [2.05, 4.69) is 15.5 Å². The molecule has 20 heavy (non-hydrogen) atoms. The first-order valence-corrected chi connectivity index (χ1v) is 6.44. The van der Waals surface area contributed by atoms with Crippen molar-refractivity contribution in [2.24, 2.45) is 5.10 Å². The Hall–Kier alpha value is -2.61. The van der Waals surface area contributed by atoms with Crippen LogP contribution in [0.4, 0.5) is 5.69 Å². The number of carbonyl (C=O) groups is 1. The van der Waals surface area contributed by atoms with Crippen molar-refractivity contribution in [3.8, 4) is 0 Å². The Morgan fingerprint density at radius 3 is 2.75 bits per heavy atom. The van der Waals surface area contributed by atoms with E-state index in [-0.39, 0.29) is 11.6 Å². The molecule has 2 aromatic rings. The molecular formula is C12H10N4O3S. The molecule has 0 bridgehead atoms. The van der Waals surface area contributed by atoms with E-state index < -0.39 is 4.92 Å². The molecule has 0 aliphatic heterocycles. The highest BCUT2D eigenvalue weighted by Crippen LogP contribution is 2.21. The van der Waals surface area contributed by atoms with Gasteiger partial charge in [-0.25, -0.2) is 5.43 Å². The number of hydrogen-bond acceptors (Lipinski definition) is 6. The highest BCUT2D eigenvalue weighted by Gasteiger charge is 2.11. The van der Waals surface area contributed by atoms with Crippen molar-refractivity contribution < 1.29 is 9.72 Å². The van der Waals surface area contributed by atoms with Gasteiger partial charge in [-0.1, -0.05) is 0 Å². The Balaban J connectivity index is 2.07. The number of hydrogen-bond donors (Lipinski definition) is 1. The van der Waals surface area contributed by atoms with Gasteiger partial charge >= 0.3 is 0 Å². The van der Waals surface area contributed by atoms with Crippen LogP contribution in [0.5, 0.6) is 0 Å². The van der Waals surface area contributed by atoms with Crippen LogP contribution in [0.25, 0.3) is 0 Å². The van der Waals surface area contributed by atoms with E-state index in [0.717, 1.165) is 0 Å². The molecule has 0 unspecified atom stereocenters. The molecule has 0 aliphatic rings. The highest BCUT2D eigenvalue weighted by atomic mass is 32.1. The maximum Gasteiger partial charge on any atom is 0.280 e. The number of hydrazone groups is 1. The number of nitro groups is 1. The largest absolute Gasteiger partial charge is 0.280 e. The van der Waals surface area contributed by atoms with Crippen LogP contribution in [-0.2, 0) is 0 Å².